The van der Waals surface area contributed by atoms with Crippen LogP contribution in [0.2, 0.25) is 0 Å². The molecule has 1 aliphatic carbocycles. The third-order valence-electron chi connectivity index (χ3n) is 4.80. The number of nitrogens with zero attached hydrogens (tertiary/aromatic N) is 4. The maximum atomic E-state index is 5.95. The lowest BCUT2D eigenvalue weighted by molar-refractivity contribution is -0.235. The van der Waals surface area contributed by atoms with Crippen molar-refractivity contribution in [3.05, 3.63) is 22.4 Å². The fourth-order valence-electron chi connectivity index (χ4n) is 3.31. The Morgan fingerprint density at radius 3 is 2.64 bits per heavy atom. The predicted octanol–water partition coefficient (Wildman–Crippen LogP) is 4.19. The van der Waals surface area contributed by atoms with Crippen LogP contribution in [0.4, 0.5) is 17.6 Å². The van der Waals surface area contributed by atoms with E-state index in [1.54, 1.807) is 6.20 Å². The molecule has 1 saturated carbocycles. The molecule has 1 aliphatic heterocycles. The topological polar surface area (TPSA) is 91.0 Å². The molecule has 9 heteroatoms. The first-order valence-corrected chi connectivity index (χ1v) is 10.7. The van der Waals surface area contributed by atoms with Crippen LogP contribution in [0.5, 0.6) is 0 Å². The zero-order valence-electron chi connectivity index (χ0n) is 16.6. The summed E-state index contributed by atoms with van der Waals surface area (Å²) < 4.78 is 0.808. The van der Waals surface area contributed by atoms with Crippen molar-refractivity contribution in [2.45, 2.75) is 64.0 Å². The zero-order valence-corrected chi connectivity index (χ0v) is 18.2. The summed E-state index contributed by atoms with van der Waals surface area (Å²) in [5.74, 6) is 2.75. The van der Waals surface area contributed by atoms with Crippen LogP contribution in [0.15, 0.2) is 16.7 Å². The zero-order chi connectivity index (χ0) is 19.7. The number of piperidine rings is 1. The molecule has 2 aromatic rings. The van der Waals surface area contributed by atoms with Gasteiger partial charge in [0.1, 0.15) is 0 Å². The van der Waals surface area contributed by atoms with Gasteiger partial charge < -0.3 is 10.6 Å². The number of H-pyrrole nitrogens is 1. The van der Waals surface area contributed by atoms with Crippen LogP contribution in [0, 0.1) is 0 Å². The first-order valence-electron chi connectivity index (χ1n) is 9.91. The highest BCUT2D eigenvalue weighted by molar-refractivity contribution is 9.10. The molecule has 0 atom stereocenters. The minimum Gasteiger partial charge on any atom is -0.351 e. The molecule has 2 aliphatic rings. The second kappa shape index (κ2) is 7.96. The minimum absolute atomic E-state index is 0.151. The van der Waals surface area contributed by atoms with E-state index in [0.29, 0.717) is 23.7 Å². The molecule has 0 amide bonds. The van der Waals surface area contributed by atoms with Crippen LogP contribution >= 0.6 is 15.9 Å². The van der Waals surface area contributed by atoms with E-state index in [9.17, 15) is 0 Å². The lowest BCUT2D eigenvalue weighted by Gasteiger charge is -2.35. The molecule has 0 spiro atoms. The standard InChI is InChI=1S/C19H28BrN7O/c1-19(2,3)28-27-8-6-13(7-9-27)22-18-21-11-14(20)17(24-18)23-16-10-15(25-26-16)12-4-5-12/h10-13H,4-9H2,1-3H3,(H3,21,22,23,24,25,26). The van der Waals surface area contributed by atoms with Gasteiger partial charge in [0, 0.05) is 43.0 Å². The predicted molar refractivity (Wildman–Crippen MR) is 113 cm³/mol. The van der Waals surface area contributed by atoms with E-state index >= 15 is 0 Å². The Labute approximate surface area is 173 Å². The highest BCUT2D eigenvalue weighted by Gasteiger charge is 2.26. The van der Waals surface area contributed by atoms with Gasteiger partial charge in [-0.2, -0.15) is 15.1 Å². The molecular formula is C19H28BrN7O. The lowest BCUT2D eigenvalue weighted by atomic mass is 10.1. The average Bonchev–Trinajstić information content (AvgIpc) is 3.38. The number of anilines is 3. The van der Waals surface area contributed by atoms with E-state index in [1.165, 1.54) is 18.5 Å². The Hall–Kier alpha value is -1.71. The van der Waals surface area contributed by atoms with Crippen molar-refractivity contribution < 1.29 is 4.84 Å². The van der Waals surface area contributed by atoms with E-state index in [0.717, 1.165) is 36.2 Å². The molecule has 0 radical (unpaired) electrons. The van der Waals surface area contributed by atoms with Gasteiger partial charge in [-0.25, -0.2) is 4.98 Å². The summed E-state index contributed by atoms with van der Waals surface area (Å²) in [6.45, 7) is 8.03. The van der Waals surface area contributed by atoms with Crippen molar-refractivity contribution in [3.63, 3.8) is 0 Å². The van der Waals surface area contributed by atoms with Gasteiger partial charge in [0.05, 0.1) is 10.1 Å². The summed E-state index contributed by atoms with van der Waals surface area (Å²) in [5, 5.41) is 16.2. The van der Waals surface area contributed by atoms with Crippen LogP contribution in [0.25, 0.3) is 0 Å². The normalized spacial score (nSPS) is 19.0. The second-order valence-corrected chi connectivity index (χ2v) is 9.40. The second-order valence-electron chi connectivity index (χ2n) is 8.55. The minimum atomic E-state index is -0.151. The summed E-state index contributed by atoms with van der Waals surface area (Å²) in [7, 11) is 0. The van der Waals surface area contributed by atoms with Crippen molar-refractivity contribution in [2.75, 3.05) is 23.7 Å². The number of rotatable bonds is 6. The number of hydrogen-bond acceptors (Lipinski definition) is 7. The first-order chi connectivity index (χ1) is 13.4. The molecule has 4 rings (SSSR count). The maximum Gasteiger partial charge on any atom is 0.224 e. The first kappa shape index (κ1) is 19.6. The van der Waals surface area contributed by atoms with Crippen LogP contribution in [-0.4, -0.2) is 50.0 Å². The van der Waals surface area contributed by atoms with Gasteiger partial charge in [0.25, 0.3) is 0 Å². The lowest BCUT2D eigenvalue weighted by Crippen LogP contribution is -2.43. The Bertz CT molecular complexity index is 807. The summed E-state index contributed by atoms with van der Waals surface area (Å²) in [6.07, 6.45) is 6.23. The smallest absolute Gasteiger partial charge is 0.224 e. The monoisotopic (exact) mass is 449 g/mol. The molecule has 2 aromatic heterocycles. The largest absolute Gasteiger partial charge is 0.351 e. The van der Waals surface area contributed by atoms with E-state index in [2.05, 4.69) is 78.6 Å². The summed E-state index contributed by atoms with van der Waals surface area (Å²) in [6, 6.07) is 2.39. The fraction of sp³-hybridized carbons (Fsp3) is 0.632. The van der Waals surface area contributed by atoms with Gasteiger partial charge in [-0.05, 0) is 62.4 Å². The third kappa shape index (κ3) is 5.21. The van der Waals surface area contributed by atoms with Gasteiger partial charge in [-0.3, -0.25) is 9.94 Å². The van der Waals surface area contributed by atoms with E-state index in [4.69, 9.17) is 4.84 Å². The molecule has 3 N–H and O–H groups in total. The van der Waals surface area contributed by atoms with Crippen LogP contribution in [0.1, 0.15) is 58.1 Å². The van der Waals surface area contributed by atoms with Gasteiger partial charge in [-0.15, -0.1) is 0 Å². The van der Waals surface area contributed by atoms with E-state index < -0.39 is 0 Å². The van der Waals surface area contributed by atoms with Crippen molar-refractivity contribution >= 4 is 33.5 Å². The van der Waals surface area contributed by atoms with Crippen molar-refractivity contribution in [1.82, 2.24) is 25.2 Å². The highest BCUT2D eigenvalue weighted by atomic mass is 79.9. The van der Waals surface area contributed by atoms with Crippen molar-refractivity contribution in [1.29, 1.82) is 0 Å². The average molecular weight is 450 g/mol. The Kier molecular flexibility index (Phi) is 5.57. The Balaban J connectivity index is 1.34. The molecule has 28 heavy (non-hydrogen) atoms. The van der Waals surface area contributed by atoms with Gasteiger partial charge in [0.15, 0.2) is 11.6 Å². The quantitative estimate of drug-likeness (QED) is 0.608. The number of hydrogen-bond donors (Lipinski definition) is 3. The number of aromatic amines is 1. The number of halogens is 1. The molecule has 1 saturated heterocycles. The molecule has 8 nitrogen and oxygen atoms in total. The molecule has 3 heterocycles. The number of aromatic nitrogens is 4. The maximum absolute atomic E-state index is 5.95. The summed E-state index contributed by atoms with van der Waals surface area (Å²) in [4.78, 5) is 15.0. The van der Waals surface area contributed by atoms with Crippen molar-refractivity contribution in [2.24, 2.45) is 0 Å². The van der Waals surface area contributed by atoms with Gasteiger partial charge in [-0.1, -0.05) is 0 Å². The number of hydroxylamine groups is 2. The van der Waals surface area contributed by atoms with Crippen LogP contribution < -0.4 is 10.6 Å². The molecule has 2 fully saturated rings. The van der Waals surface area contributed by atoms with Crippen LogP contribution in [-0.2, 0) is 4.84 Å². The summed E-state index contributed by atoms with van der Waals surface area (Å²) >= 11 is 3.52. The molecule has 0 aromatic carbocycles. The van der Waals surface area contributed by atoms with Gasteiger partial charge in [0.2, 0.25) is 5.95 Å². The summed E-state index contributed by atoms with van der Waals surface area (Å²) in [5.41, 5.74) is 1.04. The highest BCUT2D eigenvalue weighted by Crippen LogP contribution is 2.39. The third-order valence-corrected chi connectivity index (χ3v) is 5.38. The SMILES string of the molecule is CC(C)(C)ON1CCC(Nc2ncc(Br)c(Nc3cc(C4CC4)[nH]n3)n2)CC1. The molecular weight excluding hydrogens is 422 g/mol. The molecule has 0 bridgehead atoms. The van der Waals surface area contributed by atoms with Crippen molar-refractivity contribution in [3.8, 4) is 0 Å². The molecule has 0 unspecified atom stereocenters. The van der Waals surface area contributed by atoms with Gasteiger partial charge >= 0.3 is 0 Å². The van der Waals surface area contributed by atoms with E-state index in [1.807, 2.05) is 0 Å². The Morgan fingerprint density at radius 2 is 1.96 bits per heavy atom. The van der Waals surface area contributed by atoms with E-state index in [-0.39, 0.29) is 5.60 Å². The fourth-order valence-corrected chi connectivity index (χ4v) is 3.60. The van der Waals surface area contributed by atoms with Crippen LogP contribution in [0.3, 0.4) is 0 Å². The molecule has 152 valence electrons. The number of nitrogens with one attached hydrogen (secondary N) is 3. The Morgan fingerprint density at radius 1 is 1.21 bits per heavy atom.